The lowest BCUT2D eigenvalue weighted by molar-refractivity contribution is 0.141. The quantitative estimate of drug-likeness (QED) is 0.696. The maximum absolute atomic E-state index is 5.34. The van der Waals surface area contributed by atoms with E-state index in [0.717, 1.165) is 18.3 Å². The third-order valence-corrected chi connectivity index (χ3v) is 4.41. The van der Waals surface area contributed by atoms with Crippen molar-refractivity contribution in [2.24, 2.45) is 11.8 Å². The minimum absolute atomic E-state index is 0.315. The summed E-state index contributed by atoms with van der Waals surface area (Å²) in [6.07, 6.45) is 16.8. The van der Waals surface area contributed by atoms with Crippen molar-refractivity contribution in [3.05, 3.63) is 23.8 Å². The molecule has 0 aliphatic heterocycles. The molecule has 0 radical (unpaired) electrons. The van der Waals surface area contributed by atoms with E-state index in [2.05, 4.69) is 25.2 Å². The molecule has 0 spiro atoms. The summed E-state index contributed by atoms with van der Waals surface area (Å²) in [5.74, 6) is 1.84. The Morgan fingerprint density at radius 2 is 2.00 bits per heavy atom. The summed E-state index contributed by atoms with van der Waals surface area (Å²) in [5.41, 5.74) is 1.58. The highest BCUT2D eigenvalue weighted by molar-refractivity contribution is 5.27. The molecule has 0 N–H and O–H groups in total. The lowest BCUT2D eigenvalue weighted by Crippen LogP contribution is -2.18. The summed E-state index contributed by atoms with van der Waals surface area (Å²) in [6, 6.07) is 0. The third kappa shape index (κ3) is 3.45. The van der Waals surface area contributed by atoms with Crippen LogP contribution in [0.15, 0.2) is 23.8 Å². The number of ether oxygens (including phenoxy) is 1. The van der Waals surface area contributed by atoms with E-state index >= 15 is 0 Å². The number of allylic oxidation sites excluding steroid dienone is 2. The molecule has 1 heteroatoms. The molecule has 1 fully saturated rings. The highest BCUT2D eigenvalue weighted by atomic mass is 16.5. The fourth-order valence-corrected chi connectivity index (χ4v) is 3.29. The molecule has 0 heterocycles. The second-order valence-corrected chi connectivity index (χ2v) is 5.58. The van der Waals surface area contributed by atoms with E-state index in [4.69, 9.17) is 4.74 Å². The van der Waals surface area contributed by atoms with Crippen molar-refractivity contribution in [1.29, 1.82) is 0 Å². The molecule has 2 rings (SSSR count). The second kappa shape index (κ2) is 6.39. The van der Waals surface area contributed by atoms with Gasteiger partial charge in [0.1, 0.15) is 0 Å². The van der Waals surface area contributed by atoms with Crippen molar-refractivity contribution in [3.63, 3.8) is 0 Å². The number of rotatable bonds is 4. The average molecular weight is 234 g/mol. The second-order valence-electron chi connectivity index (χ2n) is 5.58. The van der Waals surface area contributed by atoms with Crippen molar-refractivity contribution in [1.82, 2.24) is 0 Å². The topological polar surface area (TPSA) is 9.23 Å². The van der Waals surface area contributed by atoms with Crippen LogP contribution in [0, 0.1) is 11.8 Å². The van der Waals surface area contributed by atoms with Crippen molar-refractivity contribution in [3.8, 4) is 0 Å². The fraction of sp³-hybridized carbons (Fsp3) is 0.750. The minimum atomic E-state index is 0.315. The van der Waals surface area contributed by atoms with Crippen LogP contribution in [0.1, 0.15) is 51.9 Å². The van der Waals surface area contributed by atoms with Crippen LogP contribution in [0.5, 0.6) is 0 Å². The predicted molar refractivity (Wildman–Crippen MR) is 73.0 cm³/mol. The Balaban J connectivity index is 1.82. The number of methoxy groups -OCH3 is 1. The lowest BCUT2D eigenvalue weighted by Gasteiger charge is -2.30. The van der Waals surface area contributed by atoms with Gasteiger partial charge in [0.25, 0.3) is 0 Å². The van der Waals surface area contributed by atoms with E-state index in [1.165, 1.54) is 38.5 Å². The molecule has 1 saturated carbocycles. The van der Waals surface area contributed by atoms with Gasteiger partial charge in [-0.05, 0) is 49.5 Å². The van der Waals surface area contributed by atoms with Crippen LogP contribution in [0.2, 0.25) is 0 Å². The molecule has 1 nitrogen and oxygen atoms in total. The molecule has 1 unspecified atom stereocenters. The molecule has 1 atom stereocenters. The Kier molecular flexibility index (Phi) is 4.85. The molecule has 0 amide bonds. The van der Waals surface area contributed by atoms with Gasteiger partial charge < -0.3 is 4.74 Å². The summed E-state index contributed by atoms with van der Waals surface area (Å²) in [5, 5.41) is 0. The van der Waals surface area contributed by atoms with Gasteiger partial charge in [0.2, 0.25) is 0 Å². The molecular weight excluding hydrogens is 208 g/mol. The molecule has 2 aliphatic rings. The first-order valence-corrected chi connectivity index (χ1v) is 7.24. The number of hydrogen-bond acceptors (Lipinski definition) is 1. The zero-order valence-corrected chi connectivity index (χ0v) is 11.3. The lowest BCUT2D eigenvalue weighted by atomic mass is 9.76. The fourth-order valence-electron chi connectivity index (χ4n) is 3.29. The van der Waals surface area contributed by atoms with Crippen LogP contribution >= 0.6 is 0 Å². The van der Waals surface area contributed by atoms with Crippen molar-refractivity contribution in [2.75, 3.05) is 7.11 Å². The normalized spacial score (nSPS) is 33.5. The third-order valence-electron chi connectivity index (χ3n) is 4.41. The number of hydrogen-bond donors (Lipinski definition) is 0. The zero-order chi connectivity index (χ0) is 12.1. The summed E-state index contributed by atoms with van der Waals surface area (Å²) < 4.78 is 5.34. The van der Waals surface area contributed by atoms with Crippen LogP contribution in [0.4, 0.5) is 0 Å². The predicted octanol–water partition coefficient (Wildman–Crippen LogP) is 4.49. The first kappa shape index (κ1) is 12.9. The van der Waals surface area contributed by atoms with Crippen LogP contribution in [0.25, 0.3) is 0 Å². The van der Waals surface area contributed by atoms with Gasteiger partial charge in [-0.15, -0.1) is 0 Å². The first-order valence-electron chi connectivity index (χ1n) is 7.24. The Morgan fingerprint density at radius 1 is 1.24 bits per heavy atom. The van der Waals surface area contributed by atoms with Gasteiger partial charge in [0, 0.05) is 7.11 Å². The highest BCUT2D eigenvalue weighted by Gasteiger charge is 2.23. The maximum Gasteiger partial charge on any atom is 0.0789 e. The standard InChI is InChI=1S/C16H26O/c1-3-4-13-5-7-14(8-6-13)15-9-11-16(17-2)12-10-15/h9-11,13-14,16H,3-8,12H2,1-2H3. The highest BCUT2D eigenvalue weighted by Crippen LogP contribution is 2.36. The summed E-state index contributed by atoms with van der Waals surface area (Å²) >= 11 is 0. The van der Waals surface area contributed by atoms with Gasteiger partial charge in [-0.25, -0.2) is 0 Å². The maximum atomic E-state index is 5.34. The average Bonchev–Trinajstić information content (AvgIpc) is 2.40. The Bertz CT molecular complexity index is 282. The molecule has 17 heavy (non-hydrogen) atoms. The monoisotopic (exact) mass is 234 g/mol. The molecule has 0 aromatic rings. The zero-order valence-electron chi connectivity index (χ0n) is 11.3. The van der Waals surface area contributed by atoms with Gasteiger partial charge in [0.15, 0.2) is 0 Å². The SMILES string of the molecule is CCCC1CCC(C2=CCC(OC)C=C2)CC1. The van der Waals surface area contributed by atoms with E-state index in [0.29, 0.717) is 6.10 Å². The van der Waals surface area contributed by atoms with Crippen LogP contribution < -0.4 is 0 Å². The van der Waals surface area contributed by atoms with Gasteiger partial charge in [0.05, 0.1) is 6.10 Å². The summed E-state index contributed by atoms with van der Waals surface area (Å²) in [7, 11) is 1.80. The van der Waals surface area contributed by atoms with Crippen molar-refractivity contribution >= 4 is 0 Å². The van der Waals surface area contributed by atoms with Gasteiger partial charge in [-0.3, -0.25) is 0 Å². The van der Waals surface area contributed by atoms with E-state index in [9.17, 15) is 0 Å². The first-order chi connectivity index (χ1) is 8.33. The van der Waals surface area contributed by atoms with E-state index in [1.807, 2.05) is 0 Å². The van der Waals surface area contributed by atoms with Crippen LogP contribution in [0.3, 0.4) is 0 Å². The molecule has 96 valence electrons. The van der Waals surface area contributed by atoms with Gasteiger partial charge >= 0.3 is 0 Å². The Hall–Kier alpha value is -0.560. The molecule has 2 aliphatic carbocycles. The smallest absolute Gasteiger partial charge is 0.0789 e. The van der Waals surface area contributed by atoms with Crippen molar-refractivity contribution in [2.45, 2.75) is 58.0 Å². The largest absolute Gasteiger partial charge is 0.377 e. The van der Waals surface area contributed by atoms with Gasteiger partial charge in [-0.1, -0.05) is 38.0 Å². The summed E-state index contributed by atoms with van der Waals surface area (Å²) in [6.45, 7) is 2.31. The van der Waals surface area contributed by atoms with E-state index in [-0.39, 0.29) is 0 Å². The molecule has 0 aromatic heterocycles. The van der Waals surface area contributed by atoms with E-state index < -0.39 is 0 Å². The summed E-state index contributed by atoms with van der Waals surface area (Å²) in [4.78, 5) is 0. The Labute approximate surface area is 106 Å². The minimum Gasteiger partial charge on any atom is -0.377 e. The van der Waals surface area contributed by atoms with Crippen LogP contribution in [-0.2, 0) is 4.74 Å². The van der Waals surface area contributed by atoms with E-state index in [1.54, 1.807) is 12.7 Å². The Morgan fingerprint density at radius 3 is 2.53 bits per heavy atom. The molecule has 0 aromatic carbocycles. The molecule has 0 bridgehead atoms. The van der Waals surface area contributed by atoms with Crippen LogP contribution in [-0.4, -0.2) is 13.2 Å². The molecule has 0 saturated heterocycles. The van der Waals surface area contributed by atoms with Gasteiger partial charge in [-0.2, -0.15) is 0 Å². The molecular formula is C16H26O. The van der Waals surface area contributed by atoms with Crippen molar-refractivity contribution < 1.29 is 4.74 Å².